The van der Waals surface area contributed by atoms with Gasteiger partial charge < -0.3 is 10.6 Å². The van der Waals surface area contributed by atoms with Crippen molar-refractivity contribution in [2.24, 2.45) is 0 Å². The summed E-state index contributed by atoms with van der Waals surface area (Å²) in [6.07, 6.45) is 0.732. The summed E-state index contributed by atoms with van der Waals surface area (Å²) >= 11 is 7.14. The van der Waals surface area contributed by atoms with Crippen molar-refractivity contribution in [2.75, 3.05) is 11.9 Å². The Kier molecular flexibility index (Phi) is 5.33. The first kappa shape index (κ1) is 15.2. The molecule has 0 radical (unpaired) electrons. The fraction of sp³-hybridized carbons (Fsp3) is 0.300. The number of rotatable bonds is 3. The molecule has 0 unspecified atom stereocenters. The van der Waals surface area contributed by atoms with E-state index in [1.54, 1.807) is 0 Å². The molecule has 0 fully saturated rings. The molecule has 0 saturated heterocycles. The van der Waals surface area contributed by atoms with E-state index in [0.29, 0.717) is 6.54 Å². The highest BCUT2D eigenvalue weighted by molar-refractivity contribution is 9.10. The Labute approximate surface area is 115 Å². The van der Waals surface area contributed by atoms with E-state index in [2.05, 4.69) is 26.6 Å². The molecule has 0 amide bonds. The number of halogens is 5. The van der Waals surface area contributed by atoms with Crippen LogP contribution in [0.15, 0.2) is 4.47 Å². The molecule has 0 aliphatic carbocycles. The predicted octanol–water partition coefficient (Wildman–Crippen LogP) is 3.70. The molecule has 0 aromatic heterocycles. The zero-order chi connectivity index (χ0) is 13.9. The zero-order valence-corrected chi connectivity index (χ0v) is 11.6. The largest absolute Gasteiger partial charge is 0.362 e. The van der Waals surface area contributed by atoms with E-state index in [1.165, 1.54) is 0 Å². The second-order valence-electron chi connectivity index (χ2n) is 3.33. The standard InChI is InChI=1S/C10H9BrF4N2S/c1-2-3-16-10(18)17-9-7(14)5(12)4(11)6(13)8(9)15/h2-3H2,1H3,(H2,16,17,18). The van der Waals surface area contributed by atoms with Gasteiger partial charge in [0.15, 0.2) is 28.4 Å². The molecule has 8 heteroatoms. The van der Waals surface area contributed by atoms with Gasteiger partial charge in [-0.05, 0) is 34.6 Å². The molecular formula is C10H9BrF4N2S. The van der Waals surface area contributed by atoms with E-state index >= 15 is 0 Å². The molecule has 0 saturated carbocycles. The Morgan fingerprint density at radius 1 is 1.11 bits per heavy atom. The van der Waals surface area contributed by atoms with E-state index in [4.69, 9.17) is 12.2 Å². The summed E-state index contributed by atoms with van der Waals surface area (Å²) in [5.74, 6) is -6.12. The Bertz CT molecular complexity index is 452. The van der Waals surface area contributed by atoms with Gasteiger partial charge in [-0.15, -0.1) is 0 Å². The lowest BCUT2D eigenvalue weighted by Crippen LogP contribution is -2.30. The predicted molar refractivity (Wildman–Crippen MR) is 68.5 cm³/mol. The molecule has 0 heterocycles. The van der Waals surface area contributed by atoms with Crippen LogP contribution < -0.4 is 10.6 Å². The summed E-state index contributed by atoms with van der Waals surface area (Å²) in [4.78, 5) is 0. The van der Waals surface area contributed by atoms with Crippen molar-refractivity contribution in [2.45, 2.75) is 13.3 Å². The minimum atomic E-state index is -1.54. The molecule has 2 N–H and O–H groups in total. The van der Waals surface area contributed by atoms with Gasteiger partial charge in [0.1, 0.15) is 5.69 Å². The van der Waals surface area contributed by atoms with Crippen LogP contribution in [0.3, 0.4) is 0 Å². The Balaban J connectivity index is 3.06. The summed E-state index contributed by atoms with van der Waals surface area (Å²) in [5, 5.41) is 4.60. The van der Waals surface area contributed by atoms with Crippen molar-refractivity contribution in [3.63, 3.8) is 0 Å². The van der Waals surface area contributed by atoms with Gasteiger partial charge in [0.25, 0.3) is 0 Å². The first-order valence-electron chi connectivity index (χ1n) is 4.96. The molecule has 100 valence electrons. The summed E-state index contributed by atoms with van der Waals surface area (Å²) in [5.41, 5.74) is -0.957. The first-order chi connectivity index (χ1) is 8.40. The number of thiocarbonyl (C=S) groups is 1. The number of nitrogens with one attached hydrogen (secondary N) is 2. The molecule has 0 bridgehead atoms. The van der Waals surface area contributed by atoms with E-state index in [0.717, 1.165) is 6.42 Å². The summed E-state index contributed by atoms with van der Waals surface area (Å²) < 4.78 is 52.4. The van der Waals surface area contributed by atoms with Crippen LogP contribution in [0.5, 0.6) is 0 Å². The smallest absolute Gasteiger partial charge is 0.186 e. The van der Waals surface area contributed by atoms with Crippen LogP contribution >= 0.6 is 28.1 Å². The molecule has 1 aromatic rings. The molecule has 1 aromatic carbocycles. The molecule has 1 rings (SSSR count). The SMILES string of the molecule is CCCNC(=S)Nc1c(F)c(F)c(Br)c(F)c1F. The first-order valence-corrected chi connectivity index (χ1v) is 6.16. The van der Waals surface area contributed by atoms with Crippen molar-refractivity contribution >= 4 is 38.9 Å². The molecule has 18 heavy (non-hydrogen) atoms. The monoisotopic (exact) mass is 344 g/mol. The van der Waals surface area contributed by atoms with Gasteiger partial charge in [0.2, 0.25) is 0 Å². The van der Waals surface area contributed by atoms with E-state index in [9.17, 15) is 17.6 Å². The maximum atomic E-state index is 13.4. The molecule has 0 aliphatic heterocycles. The molecule has 0 spiro atoms. The molecule has 0 aliphatic rings. The van der Waals surface area contributed by atoms with Crippen LogP contribution in [-0.2, 0) is 0 Å². The van der Waals surface area contributed by atoms with E-state index < -0.39 is 33.4 Å². The topological polar surface area (TPSA) is 24.1 Å². The second-order valence-corrected chi connectivity index (χ2v) is 4.53. The van der Waals surface area contributed by atoms with Crippen molar-refractivity contribution < 1.29 is 17.6 Å². The molecule has 0 atom stereocenters. The minimum Gasteiger partial charge on any atom is -0.362 e. The lowest BCUT2D eigenvalue weighted by atomic mass is 10.2. The highest BCUT2D eigenvalue weighted by Crippen LogP contribution is 2.31. The van der Waals surface area contributed by atoms with Crippen molar-refractivity contribution in [1.82, 2.24) is 5.32 Å². The van der Waals surface area contributed by atoms with Crippen LogP contribution in [0, 0.1) is 23.3 Å². The number of hydrogen-bond acceptors (Lipinski definition) is 1. The Hall–Kier alpha value is -0.890. The third-order valence-corrected chi connectivity index (χ3v) is 2.93. The maximum absolute atomic E-state index is 13.4. The third kappa shape index (κ3) is 3.11. The maximum Gasteiger partial charge on any atom is 0.186 e. The highest BCUT2D eigenvalue weighted by Gasteiger charge is 2.24. The van der Waals surface area contributed by atoms with Crippen LogP contribution in [-0.4, -0.2) is 11.7 Å². The van der Waals surface area contributed by atoms with Crippen molar-refractivity contribution in [3.8, 4) is 0 Å². The number of anilines is 1. The Morgan fingerprint density at radius 3 is 2.06 bits per heavy atom. The summed E-state index contributed by atoms with van der Waals surface area (Å²) in [7, 11) is 0. The van der Waals surface area contributed by atoms with Gasteiger partial charge in [-0.3, -0.25) is 0 Å². The Morgan fingerprint density at radius 2 is 1.61 bits per heavy atom. The van der Waals surface area contributed by atoms with Gasteiger partial charge in [-0.2, -0.15) is 0 Å². The summed E-state index contributed by atoms with van der Waals surface area (Å²) in [6.45, 7) is 2.33. The second kappa shape index (κ2) is 6.33. The average Bonchev–Trinajstić information content (AvgIpc) is 2.36. The van der Waals surface area contributed by atoms with Gasteiger partial charge in [-0.1, -0.05) is 6.92 Å². The van der Waals surface area contributed by atoms with Crippen LogP contribution in [0.1, 0.15) is 13.3 Å². The quantitative estimate of drug-likeness (QED) is 0.378. The van der Waals surface area contributed by atoms with Gasteiger partial charge in [0, 0.05) is 6.54 Å². The lowest BCUT2D eigenvalue weighted by Gasteiger charge is -2.13. The third-order valence-electron chi connectivity index (χ3n) is 1.98. The molecule has 2 nitrogen and oxygen atoms in total. The van der Waals surface area contributed by atoms with Crippen molar-refractivity contribution in [1.29, 1.82) is 0 Å². The lowest BCUT2D eigenvalue weighted by molar-refractivity contribution is 0.452. The van der Waals surface area contributed by atoms with Crippen molar-refractivity contribution in [3.05, 3.63) is 27.7 Å². The highest BCUT2D eigenvalue weighted by atomic mass is 79.9. The summed E-state index contributed by atoms with van der Waals surface area (Å²) in [6, 6.07) is 0. The van der Waals surface area contributed by atoms with Crippen LogP contribution in [0.25, 0.3) is 0 Å². The fourth-order valence-electron chi connectivity index (χ4n) is 1.11. The molecular weight excluding hydrogens is 336 g/mol. The van der Waals surface area contributed by atoms with E-state index in [1.807, 2.05) is 6.92 Å². The minimum absolute atomic E-state index is 0.115. The van der Waals surface area contributed by atoms with Crippen LogP contribution in [0.4, 0.5) is 23.2 Å². The number of hydrogen-bond donors (Lipinski definition) is 2. The van der Waals surface area contributed by atoms with Gasteiger partial charge >= 0.3 is 0 Å². The fourth-order valence-corrected chi connectivity index (χ4v) is 1.66. The van der Waals surface area contributed by atoms with Crippen LogP contribution in [0.2, 0.25) is 0 Å². The van der Waals surface area contributed by atoms with Gasteiger partial charge in [0.05, 0.1) is 4.47 Å². The van der Waals surface area contributed by atoms with E-state index in [-0.39, 0.29) is 5.11 Å². The normalized spacial score (nSPS) is 10.3. The zero-order valence-electron chi connectivity index (χ0n) is 9.21. The number of benzene rings is 1. The van der Waals surface area contributed by atoms with Gasteiger partial charge in [-0.25, -0.2) is 17.6 Å². The average molecular weight is 345 g/mol.